The lowest BCUT2D eigenvalue weighted by Crippen LogP contribution is -2.23. The molecule has 4 atom stereocenters. The average Bonchev–Trinajstić information content (AvgIpc) is 3.26. The number of rotatable bonds is 34. The number of benzene rings is 2. The first-order valence-electron chi connectivity index (χ1n) is 23.3. The molecule has 11 heteroatoms. The Hall–Kier alpha value is -4.21. The van der Waals surface area contributed by atoms with Crippen molar-refractivity contribution in [1.29, 1.82) is 0 Å². The number of ketones is 1. The van der Waals surface area contributed by atoms with E-state index in [0.29, 0.717) is 24.2 Å². The molecule has 0 bridgehead atoms. The summed E-state index contributed by atoms with van der Waals surface area (Å²) in [6.45, 7) is 6.28. The molecular weight excluding hydrogens is 801 g/mol. The molecule has 5 N–H and O–H groups in total. The zero-order chi connectivity index (χ0) is 46.9. The Balaban J connectivity index is 0.000000925. The molecular formula is C52H82O11. The van der Waals surface area contributed by atoms with Gasteiger partial charge in [0.05, 0.1) is 37.1 Å². The summed E-state index contributed by atoms with van der Waals surface area (Å²) in [5.74, 6) is 2.10. The van der Waals surface area contributed by atoms with Crippen molar-refractivity contribution in [2.24, 2.45) is 0 Å². The van der Waals surface area contributed by atoms with Crippen LogP contribution in [0, 0.1) is 12.3 Å². The van der Waals surface area contributed by atoms with Crippen LogP contribution in [-0.2, 0) is 19.1 Å². The van der Waals surface area contributed by atoms with E-state index >= 15 is 0 Å². The molecule has 4 unspecified atom stereocenters. The number of hydrogen-bond donors (Lipinski definition) is 5. The minimum atomic E-state index is -0.775. The SMILES string of the molecule is C#CCCCCCCCCCCCC(O)CC(O)COC(C)=O.C=CCCCCCCCCCCCC(O)CC(O)COC(C)=O.COc1ccc(C(=O)c2ccccc2)c(O)c1. The van der Waals surface area contributed by atoms with Crippen molar-refractivity contribution >= 4 is 17.7 Å². The number of aliphatic hydroxyl groups is 4. The molecule has 0 heterocycles. The van der Waals surface area contributed by atoms with Gasteiger partial charge >= 0.3 is 11.9 Å². The van der Waals surface area contributed by atoms with Crippen molar-refractivity contribution < 1.29 is 54.1 Å². The van der Waals surface area contributed by atoms with E-state index in [4.69, 9.17) is 20.6 Å². The standard InChI is InChI=1S/C19H36O4.C19H34O4.C14H12O3/c2*1-3-4-5-6-7-8-9-10-11-12-13-14-18(21)15-19(22)16-23-17(2)20;1-17-11-7-8-12(13(15)9-11)14(16)10-5-3-2-4-6-10/h3,18-19,21-22H,1,4-16H2,2H3;1,18-19,21-22H,4-16H2,2H3;2-9,15H,1H3. The summed E-state index contributed by atoms with van der Waals surface area (Å²) in [7, 11) is 1.51. The maximum atomic E-state index is 12.1. The number of hydrogen-bond acceptors (Lipinski definition) is 11. The molecule has 0 fully saturated rings. The number of terminal acetylenes is 1. The first-order valence-corrected chi connectivity index (χ1v) is 23.3. The molecule has 356 valence electrons. The number of carbonyl (C=O) groups is 3. The van der Waals surface area contributed by atoms with Gasteiger partial charge in [-0.05, 0) is 44.2 Å². The number of carbonyl (C=O) groups excluding carboxylic acids is 3. The van der Waals surface area contributed by atoms with Crippen LogP contribution in [0.1, 0.15) is 184 Å². The molecule has 0 amide bonds. The predicted octanol–water partition coefficient (Wildman–Crippen LogP) is 10.4. The van der Waals surface area contributed by atoms with Gasteiger partial charge in [-0.3, -0.25) is 14.4 Å². The Morgan fingerprint density at radius 2 is 1.06 bits per heavy atom. The summed E-state index contributed by atoms with van der Waals surface area (Å²) < 4.78 is 14.4. The molecule has 11 nitrogen and oxygen atoms in total. The van der Waals surface area contributed by atoms with Crippen LogP contribution in [0.2, 0.25) is 0 Å². The van der Waals surface area contributed by atoms with Crippen LogP contribution >= 0.6 is 0 Å². The third-order valence-electron chi connectivity index (χ3n) is 10.3. The van der Waals surface area contributed by atoms with Gasteiger partial charge in [0.2, 0.25) is 0 Å². The fraction of sp³-hybridized carbons (Fsp3) is 0.635. The van der Waals surface area contributed by atoms with Crippen molar-refractivity contribution in [1.82, 2.24) is 0 Å². The molecule has 0 aliphatic carbocycles. The van der Waals surface area contributed by atoms with Gasteiger partial charge in [-0.15, -0.1) is 18.9 Å². The lowest BCUT2D eigenvalue weighted by molar-refractivity contribution is -0.145. The minimum absolute atomic E-state index is 0.0286. The molecule has 0 spiro atoms. The van der Waals surface area contributed by atoms with Crippen molar-refractivity contribution in [3.63, 3.8) is 0 Å². The molecule has 0 radical (unpaired) electrons. The molecule has 0 aromatic heterocycles. The van der Waals surface area contributed by atoms with E-state index < -0.39 is 36.4 Å². The number of aliphatic hydroxyl groups excluding tert-OH is 4. The first-order chi connectivity index (χ1) is 30.3. The third kappa shape index (κ3) is 35.9. The number of ether oxygens (including phenoxy) is 3. The maximum Gasteiger partial charge on any atom is 0.302 e. The fourth-order valence-electron chi connectivity index (χ4n) is 6.75. The van der Waals surface area contributed by atoms with Gasteiger partial charge in [-0.25, -0.2) is 0 Å². The highest BCUT2D eigenvalue weighted by atomic mass is 16.5. The number of allylic oxidation sites excluding steroid dienone is 1. The van der Waals surface area contributed by atoms with Gasteiger partial charge in [0.15, 0.2) is 5.78 Å². The minimum Gasteiger partial charge on any atom is -0.507 e. The summed E-state index contributed by atoms with van der Waals surface area (Å²) in [6.07, 6.45) is 30.5. The van der Waals surface area contributed by atoms with E-state index in [1.54, 1.807) is 36.4 Å². The Labute approximate surface area is 379 Å². The highest BCUT2D eigenvalue weighted by Gasteiger charge is 2.15. The third-order valence-corrected chi connectivity index (χ3v) is 10.3. The van der Waals surface area contributed by atoms with Crippen LogP contribution in [0.25, 0.3) is 0 Å². The van der Waals surface area contributed by atoms with Gasteiger partial charge in [0, 0.05) is 44.7 Å². The summed E-state index contributed by atoms with van der Waals surface area (Å²) in [6, 6.07) is 13.5. The highest BCUT2D eigenvalue weighted by molar-refractivity contribution is 6.10. The molecule has 63 heavy (non-hydrogen) atoms. The Kier molecular flexibility index (Phi) is 37.8. The summed E-state index contributed by atoms with van der Waals surface area (Å²) in [4.78, 5) is 33.3. The fourth-order valence-corrected chi connectivity index (χ4v) is 6.75. The second-order valence-electron chi connectivity index (χ2n) is 16.2. The normalized spacial score (nSPS) is 12.5. The Bertz CT molecular complexity index is 1490. The van der Waals surface area contributed by atoms with Crippen LogP contribution in [0.5, 0.6) is 11.5 Å². The quantitative estimate of drug-likeness (QED) is 0.0148. The Morgan fingerprint density at radius 3 is 1.46 bits per heavy atom. The number of methoxy groups -OCH3 is 1. The topological polar surface area (TPSA) is 180 Å². The molecule has 0 aliphatic rings. The van der Waals surface area contributed by atoms with E-state index in [0.717, 1.165) is 44.9 Å². The lowest BCUT2D eigenvalue weighted by Gasteiger charge is -2.15. The predicted molar refractivity (Wildman–Crippen MR) is 252 cm³/mol. The van der Waals surface area contributed by atoms with Crippen molar-refractivity contribution in [2.75, 3.05) is 20.3 Å². The van der Waals surface area contributed by atoms with Gasteiger partial charge < -0.3 is 39.7 Å². The first kappa shape index (κ1) is 58.8. The lowest BCUT2D eigenvalue weighted by atomic mass is 10.0. The maximum absolute atomic E-state index is 12.1. The van der Waals surface area contributed by atoms with E-state index in [1.807, 2.05) is 12.1 Å². The second kappa shape index (κ2) is 40.6. The smallest absolute Gasteiger partial charge is 0.302 e. The van der Waals surface area contributed by atoms with Gasteiger partial charge in [-0.2, -0.15) is 0 Å². The average molecular weight is 883 g/mol. The number of unbranched alkanes of at least 4 members (excludes halogenated alkanes) is 18. The second-order valence-corrected chi connectivity index (χ2v) is 16.2. The van der Waals surface area contributed by atoms with Gasteiger partial charge in [0.1, 0.15) is 24.7 Å². The van der Waals surface area contributed by atoms with Crippen molar-refractivity contribution in [2.45, 2.75) is 192 Å². The number of esters is 2. The molecule has 0 saturated heterocycles. The summed E-state index contributed by atoms with van der Waals surface area (Å²) in [5.41, 5.74) is 0.824. The summed E-state index contributed by atoms with van der Waals surface area (Å²) in [5, 5.41) is 48.6. The van der Waals surface area contributed by atoms with E-state index in [2.05, 4.69) is 12.5 Å². The molecule has 2 aromatic rings. The van der Waals surface area contributed by atoms with Crippen LogP contribution in [-0.4, -0.2) is 88.0 Å². The van der Waals surface area contributed by atoms with Crippen LogP contribution < -0.4 is 4.74 Å². The van der Waals surface area contributed by atoms with Crippen LogP contribution in [0.4, 0.5) is 0 Å². The number of phenols is 1. The largest absolute Gasteiger partial charge is 0.507 e. The monoisotopic (exact) mass is 883 g/mol. The van der Waals surface area contributed by atoms with E-state index in [9.17, 15) is 39.9 Å². The van der Waals surface area contributed by atoms with E-state index in [-0.39, 0.29) is 43.2 Å². The summed E-state index contributed by atoms with van der Waals surface area (Å²) >= 11 is 0. The van der Waals surface area contributed by atoms with Gasteiger partial charge in [0.25, 0.3) is 0 Å². The Morgan fingerprint density at radius 1 is 0.635 bits per heavy atom. The van der Waals surface area contributed by atoms with Gasteiger partial charge in [-0.1, -0.05) is 139 Å². The van der Waals surface area contributed by atoms with E-state index in [1.165, 1.54) is 110 Å². The molecule has 0 aliphatic heterocycles. The zero-order valence-electron chi connectivity index (χ0n) is 38.9. The van der Waals surface area contributed by atoms with Crippen LogP contribution in [0.3, 0.4) is 0 Å². The number of aromatic hydroxyl groups is 1. The van der Waals surface area contributed by atoms with Crippen molar-refractivity contribution in [3.8, 4) is 23.8 Å². The van der Waals surface area contributed by atoms with Crippen LogP contribution in [0.15, 0.2) is 61.2 Å². The molecule has 2 rings (SSSR count). The molecule has 0 saturated carbocycles. The highest BCUT2D eigenvalue weighted by Crippen LogP contribution is 2.25. The number of phenolic OH excluding ortho intramolecular Hbond substituents is 1. The molecule has 2 aromatic carbocycles. The zero-order valence-corrected chi connectivity index (χ0v) is 38.9. The van der Waals surface area contributed by atoms with Crippen molar-refractivity contribution in [3.05, 3.63) is 72.3 Å².